The van der Waals surface area contributed by atoms with Gasteiger partial charge >= 0.3 is 11.9 Å². The van der Waals surface area contributed by atoms with E-state index in [4.69, 9.17) is 0 Å². The third kappa shape index (κ3) is 3.66. The molecule has 0 spiro atoms. The van der Waals surface area contributed by atoms with Crippen molar-refractivity contribution in [2.24, 2.45) is 62.6 Å². The molecule has 3 N–H and O–H groups in total. The van der Waals surface area contributed by atoms with Crippen LogP contribution in [0.2, 0.25) is 0 Å². The Bertz CT molecular complexity index is 1060. The van der Waals surface area contributed by atoms with Crippen molar-refractivity contribution in [3.05, 3.63) is 12.2 Å². The summed E-state index contributed by atoms with van der Waals surface area (Å²) in [5.41, 5.74) is 0.0182. The van der Waals surface area contributed by atoms with Crippen molar-refractivity contribution in [1.29, 1.82) is 0 Å². The lowest BCUT2D eigenvalue weighted by atomic mass is 9.31. The largest absolute Gasteiger partial charge is 0.481 e. The number of fused-ring (bicyclic) bond motifs is 7. The summed E-state index contributed by atoms with van der Waals surface area (Å²) in [4.78, 5) is 23.9. The average molecular weight is 543 g/mol. The fourth-order valence-electron chi connectivity index (χ4n) is 12.7. The first kappa shape index (κ1) is 29.1. The highest BCUT2D eigenvalue weighted by Gasteiger charge is 2.72. The molecule has 0 aromatic heterocycles. The van der Waals surface area contributed by atoms with E-state index in [2.05, 4.69) is 41.2 Å². The maximum Gasteiger partial charge on any atom is 0.310 e. The zero-order chi connectivity index (χ0) is 29.0. The topological polar surface area (TPSA) is 94.8 Å². The molecular formula is C34H54O5. The Balaban J connectivity index is 1.51. The zero-order valence-corrected chi connectivity index (χ0v) is 25.6. The molecule has 39 heavy (non-hydrogen) atoms. The number of allylic oxidation sites excluding steroid dienone is 1. The normalized spacial score (nSPS) is 51.0. The van der Waals surface area contributed by atoms with E-state index in [1.54, 1.807) is 0 Å². The zero-order valence-electron chi connectivity index (χ0n) is 25.6. The molecule has 0 aliphatic heterocycles. The summed E-state index contributed by atoms with van der Waals surface area (Å²) < 4.78 is 0. The molecule has 5 aliphatic carbocycles. The Morgan fingerprint density at radius 2 is 1.49 bits per heavy atom. The number of rotatable bonds is 5. The summed E-state index contributed by atoms with van der Waals surface area (Å²) >= 11 is 0. The van der Waals surface area contributed by atoms with Crippen LogP contribution in [0.25, 0.3) is 0 Å². The van der Waals surface area contributed by atoms with Gasteiger partial charge in [-0.15, -0.1) is 0 Å². The van der Waals surface area contributed by atoms with E-state index in [9.17, 15) is 24.9 Å². The first-order valence-corrected chi connectivity index (χ1v) is 15.7. The fourth-order valence-corrected chi connectivity index (χ4v) is 12.7. The van der Waals surface area contributed by atoms with E-state index in [1.807, 2.05) is 13.8 Å². The van der Waals surface area contributed by atoms with Gasteiger partial charge in [0.25, 0.3) is 0 Å². The second-order valence-electron chi connectivity index (χ2n) is 16.5. The Hall–Kier alpha value is -1.36. The molecule has 0 radical (unpaired) electrons. The molecule has 5 nitrogen and oxygen atoms in total. The minimum Gasteiger partial charge on any atom is -0.481 e. The lowest BCUT2D eigenvalue weighted by Crippen LogP contribution is -2.69. The van der Waals surface area contributed by atoms with Crippen molar-refractivity contribution in [1.82, 2.24) is 0 Å². The molecule has 220 valence electrons. The van der Waals surface area contributed by atoms with Crippen LogP contribution < -0.4 is 0 Å². The predicted molar refractivity (Wildman–Crippen MR) is 153 cm³/mol. The Morgan fingerprint density at radius 3 is 2.08 bits per heavy atom. The van der Waals surface area contributed by atoms with Gasteiger partial charge in [-0.05, 0) is 128 Å². The molecule has 5 fully saturated rings. The van der Waals surface area contributed by atoms with Gasteiger partial charge in [-0.3, -0.25) is 9.59 Å². The van der Waals surface area contributed by atoms with E-state index >= 15 is 0 Å². The summed E-state index contributed by atoms with van der Waals surface area (Å²) in [6.07, 6.45) is 10.3. The summed E-state index contributed by atoms with van der Waals surface area (Å²) in [6, 6.07) is 0. The molecule has 5 saturated carbocycles. The summed E-state index contributed by atoms with van der Waals surface area (Å²) in [6.45, 7) is 21.0. The SMILES string of the molecule is C=C(C)[C@@H]1CC[C@]2(C)CC[C@]3(C)[C@H](CC[C@@H]4[C@@]5(C)CC[C@](O)(C(CC(=O)O)C(=O)O)C(C)(C)[C@@H]5CC[C@]43C)[C@@H]12. The minimum atomic E-state index is -1.54. The van der Waals surface area contributed by atoms with E-state index in [1.165, 1.54) is 44.1 Å². The molecule has 11 atom stereocenters. The van der Waals surface area contributed by atoms with Gasteiger partial charge in [0.1, 0.15) is 0 Å². The monoisotopic (exact) mass is 542 g/mol. The number of carbonyl (C=O) groups is 2. The maximum absolute atomic E-state index is 12.3. The predicted octanol–water partition coefficient (Wildman–Crippen LogP) is 7.57. The third-order valence-electron chi connectivity index (χ3n) is 15.0. The molecule has 0 heterocycles. The second kappa shape index (κ2) is 8.82. The lowest BCUT2D eigenvalue weighted by molar-refractivity contribution is -0.273. The highest BCUT2D eigenvalue weighted by atomic mass is 16.4. The molecule has 5 heteroatoms. The fraction of sp³-hybridized carbons (Fsp3) is 0.882. The molecular weight excluding hydrogens is 488 g/mol. The Kier molecular flexibility index (Phi) is 6.59. The molecule has 5 aliphatic rings. The van der Waals surface area contributed by atoms with Gasteiger partial charge in [-0.25, -0.2) is 0 Å². The van der Waals surface area contributed by atoms with Crippen molar-refractivity contribution >= 4 is 11.9 Å². The van der Waals surface area contributed by atoms with Gasteiger partial charge in [0.05, 0.1) is 17.9 Å². The molecule has 0 amide bonds. The van der Waals surface area contributed by atoms with Crippen molar-refractivity contribution in [3.8, 4) is 0 Å². The van der Waals surface area contributed by atoms with Crippen LogP contribution in [-0.2, 0) is 9.59 Å². The van der Waals surface area contributed by atoms with E-state index < -0.39 is 35.3 Å². The van der Waals surface area contributed by atoms with Crippen molar-refractivity contribution in [3.63, 3.8) is 0 Å². The standard InChI is InChI=1S/C34H54O5/c1-20(2)21-11-13-30(5)15-17-32(7)22(27(21)30)9-10-25-31(6)16-18-34(39,23(28(37)38)19-26(35)36)29(3,4)24(31)12-14-33(25,32)8/h21-25,27,39H,1,9-19H2,2-8H3,(H,35,36)(H,37,38)/t21-,22+,23?,24-,25+,27+,30+,31-,32+,33+,34-/m0/s1. The number of carboxylic acids is 2. The first-order chi connectivity index (χ1) is 17.9. The maximum atomic E-state index is 12.3. The number of hydrogen-bond acceptors (Lipinski definition) is 3. The molecule has 1 unspecified atom stereocenters. The van der Waals surface area contributed by atoms with Crippen LogP contribution in [-0.4, -0.2) is 32.9 Å². The van der Waals surface area contributed by atoms with Crippen molar-refractivity contribution in [2.75, 3.05) is 0 Å². The van der Waals surface area contributed by atoms with Crippen LogP contribution in [0.4, 0.5) is 0 Å². The average Bonchev–Trinajstić information content (AvgIpc) is 3.18. The van der Waals surface area contributed by atoms with Gasteiger partial charge in [-0.2, -0.15) is 0 Å². The summed E-state index contributed by atoms with van der Waals surface area (Å²) in [5, 5.41) is 31.7. The Labute approximate surface area is 236 Å². The first-order valence-electron chi connectivity index (χ1n) is 15.7. The number of aliphatic hydroxyl groups is 1. The van der Waals surface area contributed by atoms with Crippen LogP contribution in [0.1, 0.15) is 119 Å². The van der Waals surface area contributed by atoms with Crippen LogP contribution in [0.3, 0.4) is 0 Å². The number of hydrogen-bond donors (Lipinski definition) is 3. The van der Waals surface area contributed by atoms with E-state index in [-0.39, 0.29) is 22.2 Å². The van der Waals surface area contributed by atoms with E-state index in [0.29, 0.717) is 29.6 Å². The van der Waals surface area contributed by atoms with Gasteiger partial charge in [-0.1, -0.05) is 53.7 Å². The smallest absolute Gasteiger partial charge is 0.310 e. The highest BCUT2D eigenvalue weighted by Crippen LogP contribution is 2.78. The van der Waals surface area contributed by atoms with Gasteiger partial charge in [0, 0.05) is 0 Å². The highest BCUT2D eigenvalue weighted by molar-refractivity contribution is 5.79. The molecule has 0 bridgehead atoms. The van der Waals surface area contributed by atoms with Gasteiger partial charge in [0.2, 0.25) is 0 Å². The van der Waals surface area contributed by atoms with Crippen LogP contribution >= 0.6 is 0 Å². The van der Waals surface area contributed by atoms with Crippen LogP contribution in [0, 0.1) is 62.6 Å². The van der Waals surface area contributed by atoms with E-state index in [0.717, 1.165) is 25.2 Å². The molecule has 0 saturated heterocycles. The third-order valence-corrected chi connectivity index (χ3v) is 15.0. The minimum absolute atomic E-state index is 0.00678. The molecule has 0 aromatic rings. The molecule has 0 aromatic carbocycles. The Morgan fingerprint density at radius 1 is 0.821 bits per heavy atom. The van der Waals surface area contributed by atoms with Crippen LogP contribution in [0.5, 0.6) is 0 Å². The quantitative estimate of drug-likeness (QED) is 0.311. The van der Waals surface area contributed by atoms with Gasteiger partial charge in [0.15, 0.2) is 0 Å². The second-order valence-corrected chi connectivity index (χ2v) is 16.5. The summed E-state index contributed by atoms with van der Waals surface area (Å²) in [5.74, 6) is -0.914. The summed E-state index contributed by atoms with van der Waals surface area (Å²) in [7, 11) is 0. The molecule has 5 rings (SSSR count). The number of carboxylic acid groups (broad SMARTS) is 2. The van der Waals surface area contributed by atoms with Crippen LogP contribution in [0.15, 0.2) is 12.2 Å². The van der Waals surface area contributed by atoms with Gasteiger partial charge < -0.3 is 15.3 Å². The number of aliphatic carboxylic acids is 2. The van der Waals surface area contributed by atoms with Crippen molar-refractivity contribution < 1.29 is 24.9 Å². The lowest BCUT2D eigenvalue weighted by Gasteiger charge is -2.74. The van der Waals surface area contributed by atoms with Crippen molar-refractivity contribution in [2.45, 2.75) is 125 Å².